The van der Waals surface area contributed by atoms with Crippen molar-refractivity contribution in [3.63, 3.8) is 0 Å². The van der Waals surface area contributed by atoms with Crippen molar-refractivity contribution in [3.05, 3.63) is 47.7 Å². The number of nitrogens with two attached hydrogens (primary N) is 1. The van der Waals surface area contributed by atoms with Gasteiger partial charge in [-0.2, -0.15) is 0 Å². The lowest BCUT2D eigenvalue weighted by atomic mass is 10.3. The average Bonchev–Trinajstić information content (AvgIpc) is 2.27. The third kappa shape index (κ3) is 2.74. The van der Waals surface area contributed by atoms with Crippen LogP contribution in [0.3, 0.4) is 0 Å². The number of aryl methyl sites for hydroxylation is 1. The number of aromatic nitrogens is 1. The summed E-state index contributed by atoms with van der Waals surface area (Å²) in [6.07, 6.45) is 1.53. The smallest absolute Gasteiger partial charge is 0.140 e. The van der Waals surface area contributed by atoms with Gasteiger partial charge >= 0.3 is 0 Å². The lowest BCUT2D eigenvalue weighted by Crippen LogP contribution is -1.92. The van der Waals surface area contributed by atoms with Gasteiger partial charge in [-0.25, -0.2) is 13.8 Å². The molecule has 1 aromatic carbocycles. The zero-order chi connectivity index (χ0) is 12.4. The third-order valence-corrected chi connectivity index (χ3v) is 3.22. The van der Waals surface area contributed by atoms with Gasteiger partial charge in [0.05, 0.1) is 11.9 Å². The van der Waals surface area contributed by atoms with E-state index in [1.807, 2.05) is 6.92 Å². The van der Waals surface area contributed by atoms with Crippen LogP contribution in [0.4, 0.5) is 14.5 Å². The number of nitrogens with zero attached hydrogens (tertiary/aromatic N) is 1. The van der Waals surface area contributed by atoms with Gasteiger partial charge in [-0.1, -0.05) is 11.8 Å². The van der Waals surface area contributed by atoms with Crippen molar-refractivity contribution >= 4 is 17.4 Å². The van der Waals surface area contributed by atoms with E-state index < -0.39 is 11.6 Å². The first-order chi connectivity index (χ1) is 8.06. The zero-order valence-electron chi connectivity index (χ0n) is 9.08. The quantitative estimate of drug-likeness (QED) is 0.890. The van der Waals surface area contributed by atoms with Crippen LogP contribution in [0, 0.1) is 18.6 Å². The first-order valence-corrected chi connectivity index (χ1v) is 5.73. The van der Waals surface area contributed by atoms with Crippen LogP contribution >= 0.6 is 11.8 Å². The highest BCUT2D eigenvalue weighted by atomic mass is 32.2. The summed E-state index contributed by atoms with van der Waals surface area (Å²) in [4.78, 5) is 4.41. The molecule has 17 heavy (non-hydrogen) atoms. The summed E-state index contributed by atoms with van der Waals surface area (Å²) in [6.45, 7) is 1.85. The van der Waals surface area contributed by atoms with Crippen LogP contribution in [-0.4, -0.2) is 4.98 Å². The van der Waals surface area contributed by atoms with Crippen LogP contribution in [0.1, 0.15) is 5.56 Å². The maximum absolute atomic E-state index is 13.4. The molecule has 0 aliphatic heterocycles. The predicted molar refractivity (Wildman–Crippen MR) is 63.9 cm³/mol. The number of benzene rings is 1. The third-order valence-electron chi connectivity index (χ3n) is 2.23. The Kier molecular flexibility index (Phi) is 3.28. The normalized spacial score (nSPS) is 10.5. The van der Waals surface area contributed by atoms with Crippen molar-refractivity contribution in [3.8, 4) is 0 Å². The van der Waals surface area contributed by atoms with Crippen LogP contribution in [0.15, 0.2) is 40.4 Å². The van der Waals surface area contributed by atoms with Crippen LogP contribution < -0.4 is 5.73 Å². The SMILES string of the molecule is Cc1cc(Sc2ccc(F)cc2F)ncc1N. The largest absolute Gasteiger partial charge is 0.397 e. The molecule has 0 bridgehead atoms. The molecule has 2 aromatic rings. The molecular formula is C12H10F2N2S. The highest BCUT2D eigenvalue weighted by Gasteiger charge is 2.07. The predicted octanol–water partition coefficient (Wildman–Crippen LogP) is 3.40. The molecule has 0 spiro atoms. The van der Waals surface area contributed by atoms with Gasteiger partial charge in [-0.3, -0.25) is 0 Å². The molecule has 88 valence electrons. The molecule has 0 aliphatic carbocycles. The van der Waals surface area contributed by atoms with E-state index in [0.29, 0.717) is 15.6 Å². The Morgan fingerprint density at radius 1 is 1.24 bits per heavy atom. The van der Waals surface area contributed by atoms with Crippen molar-refractivity contribution < 1.29 is 8.78 Å². The Morgan fingerprint density at radius 3 is 2.65 bits per heavy atom. The zero-order valence-corrected chi connectivity index (χ0v) is 9.89. The number of hydrogen-bond donors (Lipinski definition) is 1. The summed E-state index contributed by atoms with van der Waals surface area (Å²) < 4.78 is 26.1. The molecule has 1 heterocycles. The molecule has 1 aromatic heterocycles. The minimum absolute atomic E-state index is 0.336. The summed E-state index contributed by atoms with van der Waals surface area (Å²) in [6, 6.07) is 5.23. The highest BCUT2D eigenvalue weighted by Crippen LogP contribution is 2.29. The van der Waals surface area contributed by atoms with Crippen LogP contribution in [0.2, 0.25) is 0 Å². The van der Waals surface area contributed by atoms with E-state index in [1.54, 1.807) is 6.07 Å². The van der Waals surface area contributed by atoms with Gasteiger partial charge in [0.25, 0.3) is 0 Å². The molecule has 2 nitrogen and oxygen atoms in total. The molecule has 2 rings (SSSR count). The fourth-order valence-corrected chi connectivity index (χ4v) is 2.13. The first-order valence-electron chi connectivity index (χ1n) is 4.91. The number of pyridine rings is 1. The standard InChI is InChI=1S/C12H10F2N2S/c1-7-4-12(16-6-10(7)15)17-11-3-2-8(13)5-9(11)14/h2-6H,15H2,1H3. The Labute approximate surface area is 102 Å². The summed E-state index contributed by atoms with van der Waals surface area (Å²) >= 11 is 1.14. The fraction of sp³-hybridized carbons (Fsp3) is 0.0833. The second kappa shape index (κ2) is 4.71. The molecule has 0 fully saturated rings. The molecule has 0 saturated carbocycles. The van der Waals surface area contributed by atoms with E-state index in [1.165, 1.54) is 18.3 Å². The van der Waals surface area contributed by atoms with Gasteiger partial charge in [-0.15, -0.1) is 0 Å². The summed E-state index contributed by atoms with van der Waals surface area (Å²) in [7, 11) is 0. The van der Waals surface area contributed by atoms with Crippen LogP contribution in [-0.2, 0) is 0 Å². The summed E-state index contributed by atoms with van der Waals surface area (Å²) in [5, 5.41) is 0.627. The Balaban J connectivity index is 2.28. The van der Waals surface area contributed by atoms with Crippen LogP contribution in [0.5, 0.6) is 0 Å². The number of anilines is 1. The lowest BCUT2D eigenvalue weighted by molar-refractivity contribution is 0.565. The molecule has 0 amide bonds. The Bertz CT molecular complexity index is 558. The summed E-state index contributed by atoms with van der Waals surface area (Å²) in [5.74, 6) is -1.18. The Morgan fingerprint density at radius 2 is 2.00 bits per heavy atom. The minimum atomic E-state index is -0.591. The van der Waals surface area contributed by atoms with E-state index in [2.05, 4.69) is 4.98 Å². The second-order valence-electron chi connectivity index (χ2n) is 3.56. The molecule has 2 N–H and O–H groups in total. The Hall–Kier alpha value is -1.62. The first kappa shape index (κ1) is 11.9. The number of nitrogen functional groups attached to an aromatic ring is 1. The van der Waals surface area contributed by atoms with Crippen molar-refractivity contribution in [1.29, 1.82) is 0 Å². The van der Waals surface area contributed by atoms with E-state index in [-0.39, 0.29) is 0 Å². The summed E-state index contributed by atoms with van der Waals surface area (Å²) in [5.41, 5.74) is 7.11. The van der Waals surface area contributed by atoms with Gasteiger partial charge in [0.1, 0.15) is 16.7 Å². The highest BCUT2D eigenvalue weighted by molar-refractivity contribution is 7.99. The van der Waals surface area contributed by atoms with Gasteiger partial charge < -0.3 is 5.73 Å². The van der Waals surface area contributed by atoms with E-state index in [9.17, 15) is 8.78 Å². The monoisotopic (exact) mass is 252 g/mol. The molecular weight excluding hydrogens is 242 g/mol. The van der Waals surface area contributed by atoms with Gasteiger partial charge in [0, 0.05) is 11.0 Å². The lowest BCUT2D eigenvalue weighted by Gasteiger charge is -2.05. The second-order valence-corrected chi connectivity index (χ2v) is 4.62. The molecule has 0 atom stereocenters. The number of hydrogen-bond acceptors (Lipinski definition) is 3. The maximum Gasteiger partial charge on any atom is 0.140 e. The van der Waals surface area contributed by atoms with Crippen molar-refractivity contribution in [2.75, 3.05) is 5.73 Å². The molecule has 5 heteroatoms. The van der Waals surface area contributed by atoms with E-state index in [0.717, 1.165) is 23.4 Å². The maximum atomic E-state index is 13.4. The van der Waals surface area contributed by atoms with Crippen molar-refractivity contribution in [2.24, 2.45) is 0 Å². The number of rotatable bonds is 2. The average molecular weight is 252 g/mol. The fourth-order valence-electron chi connectivity index (χ4n) is 1.27. The number of halogens is 2. The molecule has 0 unspecified atom stereocenters. The van der Waals surface area contributed by atoms with E-state index in [4.69, 9.17) is 5.73 Å². The topological polar surface area (TPSA) is 38.9 Å². The van der Waals surface area contributed by atoms with Gasteiger partial charge in [0.15, 0.2) is 0 Å². The van der Waals surface area contributed by atoms with E-state index >= 15 is 0 Å². The molecule has 0 aliphatic rings. The van der Waals surface area contributed by atoms with Crippen LogP contribution in [0.25, 0.3) is 0 Å². The minimum Gasteiger partial charge on any atom is -0.397 e. The van der Waals surface area contributed by atoms with Crippen molar-refractivity contribution in [1.82, 2.24) is 4.98 Å². The molecule has 0 saturated heterocycles. The van der Waals surface area contributed by atoms with Crippen molar-refractivity contribution in [2.45, 2.75) is 16.8 Å². The van der Waals surface area contributed by atoms with Gasteiger partial charge in [-0.05, 0) is 30.7 Å². The van der Waals surface area contributed by atoms with Gasteiger partial charge in [0.2, 0.25) is 0 Å². The molecule has 0 radical (unpaired) electrons.